The second-order valence-electron chi connectivity index (χ2n) is 4.04. The summed E-state index contributed by atoms with van der Waals surface area (Å²) in [6, 6.07) is 0. The maximum absolute atomic E-state index is 11.8. The van der Waals surface area contributed by atoms with Gasteiger partial charge in [-0.1, -0.05) is 6.92 Å². The van der Waals surface area contributed by atoms with E-state index in [1.54, 1.807) is 0 Å². The number of carbonyl (C=O) groups is 1. The van der Waals surface area contributed by atoms with Crippen molar-refractivity contribution in [3.05, 3.63) is 0 Å². The Morgan fingerprint density at radius 2 is 2.21 bits per heavy atom. The molecule has 82 valence electrons. The molecule has 5 heteroatoms. The van der Waals surface area contributed by atoms with Crippen molar-refractivity contribution in [2.45, 2.75) is 31.7 Å². The number of nitrogens with zero attached hydrogens (tertiary/aromatic N) is 1. The molecule has 1 N–H and O–H groups in total. The lowest BCUT2D eigenvalue weighted by molar-refractivity contribution is -0.123. The molecule has 0 saturated carbocycles. The van der Waals surface area contributed by atoms with E-state index in [4.69, 9.17) is 0 Å². The SMILES string of the molecule is CCC1(C(=O)N=S(C)(C)=O)CCCN1. The first-order valence-corrected chi connectivity index (χ1v) is 7.19. The minimum Gasteiger partial charge on any atom is -0.303 e. The Morgan fingerprint density at radius 1 is 1.57 bits per heavy atom. The minimum absolute atomic E-state index is 0.243. The van der Waals surface area contributed by atoms with Crippen LogP contribution in [0.1, 0.15) is 26.2 Å². The molecule has 0 bridgehead atoms. The van der Waals surface area contributed by atoms with Crippen molar-refractivity contribution in [1.29, 1.82) is 0 Å². The second-order valence-corrected chi connectivity index (χ2v) is 6.59. The van der Waals surface area contributed by atoms with Gasteiger partial charge in [0.1, 0.15) is 5.54 Å². The van der Waals surface area contributed by atoms with E-state index < -0.39 is 15.3 Å². The fourth-order valence-electron chi connectivity index (χ4n) is 1.73. The Labute approximate surface area is 85.6 Å². The lowest BCUT2D eigenvalue weighted by atomic mass is 9.94. The van der Waals surface area contributed by atoms with E-state index >= 15 is 0 Å². The molecule has 1 amide bonds. The highest BCUT2D eigenvalue weighted by Gasteiger charge is 2.39. The third kappa shape index (κ3) is 2.54. The molecule has 0 aliphatic carbocycles. The Kier molecular flexibility index (Phi) is 3.32. The fourth-order valence-corrected chi connectivity index (χ4v) is 2.30. The third-order valence-electron chi connectivity index (χ3n) is 2.56. The van der Waals surface area contributed by atoms with Crippen molar-refractivity contribution in [2.75, 3.05) is 19.1 Å². The second kappa shape index (κ2) is 3.98. The van der Waals surface area contributed by atoms with Crippen molar-refractivity contribution < 1.29 is 9.00 Å². The van der Waals surface area contributed by atoms with E-state index in [1.165, 1.54) is 12.5 Å². The summed E-state index contributed by atoms with van der Waals surface area (Å²) in [5.74, 6) is -0.243. The molecule has 0 aromatic rings. The Morgan fingerprint density at radius 3 is 2.57 bits per heavy atom. The van der Waals surface area contributed by atoms with Gasteiger partial charge in [-0.2, -0.15) is 4.36 Å². The van der Waals surface area contributed by atoms with Gasteiger partial charge in [0.15, 0.2) is 0 Å². The van der Waals surface area contributed by atoms with E-state index in [2.05, 4.69) is 9.68 Å². The molecule has 1 aliphatic heterocycles. The average Bonchev–Trinajstić information content (AvgIpc) is 2.49. The van der Waals surface area contributed by atoms with Crippen LogP contribution in [0.15, 0.2) is 4.36 Å². The molecule has 14 heavy (non-hydrogen) atoms. The predicted octanol–water partition coefficient (Wildman–Crippen LogP) is 0.773. The van der Waals surface area contributed by atoms with Crippen LogP contribution >= 0.6 is 0 Å². The van der Waals surface area contributed by atoms with Crippen LogP contribution in [0.5, 0.6) is 0 Å². The zero-order valence-corrected chi connectivity index (χ0v) is 9.82. The van der Waals surface area contributed by atoms with Gasteiger partial charge in [-0.25, -0.2) is 4.21 Å². The van der Waals surface area contributed by atoms with Crippen LogP contribution < -0.4 is 5.32 Å². The van der Waals surface area contributed by atoms with Crippen molar-refractivity contribution in [3.63, 3.8) is 0 Å². The number of hydrogen-bond donors (Lipinski definition) is 1. The van der Waals surface area contributed by atoms with Gasteiger partial charge in [0, 0.05) is 22.2 Å². The van der Waals surface area contributed by atoms with Crippen molar-refractivity contribution in [1.82, 2.24) is 5.32 Å². The van der Waals surface area contributed by atoms with Gasteiger partial charge in [-0.05, 0) is 25.8 Å². The average molecular weight is 218 g/mol. The third-order valence-corrected chi connectivity index (χ3v) is 3.16. The normalized spacial score (nSPS) is 27.6. The summed E-state index contributed by atoms with van der Waals surface area (Å²) in [5, 5.41) is 3.17. The van der Waals surface area contributed by atoms with Gasteiger partial charge < -0.3 is 5.32 Å². The highest BCUT2D eigenvalue weighted by molar-refractivity contribution is 7.92. The topological polar surface area (TPSA) is 58.5 Å². The summed E-state index contributed by atoms with van der Waals surface area (Å²) >= 11 is 0. The lowest BCUT2D eigenvalue weighted by Crippen LogP contribution is -2.46. The monoisotopic (exact) mass is 218 g/mol. The summed E-state index contributed by atoms with van der Waals surface area (Å²) < 4.78 is 15.2. The maximum atomic E-state index is 11.8. The van der Waals surface area contributed by atoms with Crippen LogP contribution in [0.25, 0.3) is 0 Å². The van der Waals surface area contributed by atoms with Crippen LogP contribution in [0.2, 0.25) is 0 Å². The maximum Gasteiger partial charge on any atom is 0.274 e. The largest absolute Gasteiger partial charge is 0.303 e. The Hall–Kier alpha value is -0.420. The van der Waals surface area contributed by atoms with Crippen LogP contribution in [-0.2, 0) is 14.5 Å². The molecule has 0 aromatic carbocycles. The number of hydrogen-bond acceptors (Lipinski definition) is 3. The molecule has 1 aliphatic rings. The summed E-state index contributed by atoms with van der Waals surface area (Å²) in [5.41, 5.74) is -0.533. The summed E-state index contributed by atoms with van der Waals surface area (Å²) in [6.45, 7) is 2.81. The van der Waals surface area contributed by atoms with E-state index in [0.717, 1.165) is 19.4 Å². The van der Waals surface area contributed by atoms with E-state index in [0.29, 0.717) is 6.42 Å². The minimum atomic E-state index is -2.32. The summed E-state index contributed by atoms with van der Waals surface area (Å²) in [6.07, 6.45) is 5.49. The molecular formula is C9H18N2O2S. The van der Waals surface area contributed by atoms with Gasteiger partial charge in [-0.3, -0.25) is 4.79 Å². The van der Waals surface area contributed by atoms with Crippen LogP contribution in [0.4, 0.5) is 0 Å². The molecule has 1 unspecified atom stereocenters. The zero-order chi connectivity index (χ0) is 10.8. The van der Waals surface area contributed by atoms with Gasteiger partial charge in [0.05, 0.1) is 0 Å². The lowest BCUT2D eigenvalue weighted by Gasteiger charge is -2.23. The molecule has 0 radical (unpaired) electrons. The highest BCUT2D eigenvalue weighted by atomic mass is 32.2. The Bertz CT molecular complexity index is 329. The predicted molar refractivity (Wildman–Crippen MR) is 57.7 cm³/mol. The van der Waals surface area contributed by atoms with Gasteiger partial charge in [0.2, 0.25) is 0 Å². The molecule has 1 heterocycles. The number of nitrogens with one attached hydrogen (secondary N) is 1. The summed E-state index contributed by atoms with van der Waals surface area (Å²) in [7, 11) is -2.32. The van der Waals surface area contributed by atoms with Gasteiger partial charge in [-0.15, -0.1) is 0 Å². The number of carbonyl (C=O) groups excluding carboxylic acids is 1. The van der Waals surface area contributed by atoms with E-state index in [1.807, 2.05) is 6.92 Å². The van der Waals surface area contributed by atoms with E-state index in [9.17, 15) is 9.00 Å². The van der Waals surface area contributed by atoms with Gasteiger partial charge in [0.25, 0.3) is 5.91 Å². The van der Waals surface area contributed by atoms with Crippen LogP contribution in [0.3, 0.4) is 0 Å². The molecule has 1 rings (SSSR count). The quantitative estimate of drug-likeness (QED) is 0.745. The molecule has 4 nitrogen and oxygen atoms in total. The molecular weight excluding hydrogens is 200 g/mol. The van der Waals surface area contributed by atoms with Crippen LogP contribution in [-0.4, -0.2) is 34.7 Å². The first-order valence-electron chi connectivity index (χ1n) is 4.86. The molecule has 1 saturated heterocycles. The van der Waals surface area contributed by atoms with Gasteiger partial charge >= 0.3 is 0 Å². The Balaban J connectivity index is 2.92. The fraction of sp³-hybridized carbons (Fsp3) is 0.889. The molecule has 0 aromatic heterocycles. The van der Waals surface area contributed by atoms with E-state index in [-0.39, 0.29) is 5.91 Å². The molecule has 1 atom stereocenters. The summed E-state index contributed by atoms with van der Waals surface area (Å²) in [4.78, 5) is 11.8. The highest BCUT2D eigenvalue weighted by Crippen LogP contribution is 2.24. The zero-order valence-electron chi connectivity index (χ0n) is 9.00. The van der Waals surface area contributed by atoms with Crippen molar-refractivity contribution in [2.24, 2.45) is 4.36 Å². The number of amides is 1. The van der Waals surface area contributed by atoms with Crippen molar-refractivity contribution in [3.8, 4) is 0 Å². The smallest absolute Gasteiger partial charge is 0.274 e. The standard InChI is InChI=1S/C9H18N2O2S/c1-4-9(6-5-7-10-9)8(12)11-14(2,3)13/h10H,4-7H2,1-3H3. The van der Waals surface area contributed by atoms with Crippen molar-refractivity contribution >= 4 is 15.6 Å². The first-order chi connectivity index (χ1) is 6.40. The first kappa shape index (κ1) is 11.7. The molecule has 1 fully saturated rings. The number of rotatable bonds is 2. The van der Waals surface area contributed by atoms with Crippen LogP contribution in [0, 0.1) is 0 Å². The molecule has 0 spiro atoms.